The van der Waals surface area contributed by atoms with Crippen molar-refractivity contribution < 1.29 is 9.53 Å². The SMILES string of the molecule is CC(C)(C)OC(=O)NCC(NC1CCCCC1)C1CCCC1. The molecule has 0 radical (unpaired) electrons. The lowest BCUT2D eigenvalue weighted by molar-refractivity contribution is 0.0516. The Morgan fingerprint density at radius 3 is 2.23 bits per heavy atom. The Kier molecular flexibility index (Phi) is 6.54. The summed E-state index contributed by atoms with van der Waals surface area (Å²) in [4.78, 5) is 11.9. The Bertz CT molecular complexity index is 339. The Balaban J connectivity index is 1.82. The van der Waals surface area contributed by atoms with Gasteiger partial charge in [-0.05, 0) is 52.4 Å². The highest BCUT2D eigenvalue weighted by Gasteiger charge is 2.28. The van der Waals surface area contributed by atoms with Gasteiger partial charge in [0.15, 0.2) is 0 Å². The Hall–Kier alpha value is -0.770. The van der Waals surface area contributed by atoms with Crippen LogP contribution in [-0.2, 0) is 4.74 Å². The zero-order chi connectivity index (χ0) is 16.0. The summed E-state index contributed by atoms with van der Waals surface area (Å²) in [6.45, 7) is 6.40. The number of nitrogens with one attached hydrogen (secondary N) is 2. The van der Waals surface area contributed by atoms with Crippen molar-refractivity contribution in [1.82, 2.24) is 10.6 Å². The first-order valence-electron chi connectivity index (χ1n) is 9.17. The maximum Gasteiger partial charge on any atom is 0.407 e. The topological polar surface area (TPSA) is 50.4 Å². The van der Waals surface area contributed by atoms with E-state index in [1.165, 1.54) is 57.8 Å². The lowest BCUT2D eigenvalue weighted by atomic mass is 9.91. The summed E-state index contributed by atoms with van der Waals surface area (Å²) in [6, 6.07) is 1.04. The molecule has 0 spiro atoms. The summed E-state index contributed by atoms with van der Waals surface area (Å²) in [5.41, 5.74) is -0.427. The number of ether oxygens (including phenoxy) is 1. The molecular formula is C18H34N2O2. The minimum atomic E-state index is -0.427. The zero-order valence-corrected chi connectivity index (χ0v) is 14.6. The summed E-state index contributed by atoms with van der Waals surface area (Å²) >= 11 is 0. The summed E-state index contributed by atoms with van der Waals surface area (Å²) in [5.74, 6) is 0.705. The molecule has 0 aromatic heterocycles. The van der Waals surface area contributed by atoms with Crippen LogP contribution in [-0.4, -0.2) is 30.3 Å². The van der Waals surface area contributed by atoms with Gasteiger partial charge < -0.3 is 15.4 Å². The van der Waals surface area contributed by atoms with Gasteiger partial charge in [-0.25, -0.2) is 4.79 Å². The van der Waals surface area contributed by atoms with Crippen molar-refractivity contribution in [1.29, 1.82) is 0 Å². The molecule has 0 aromatic rings. The standard InChI is InChI=1S/C18H34N2O2/c1-18(2,3)22-17(21)19-13-16(14-9-7-8-10-14)20-15-11-5-4-6-12-15/h14-16,20H,4-13H2,1-3H3,(H,19,21). The van der Waals surface area contributed by atoms with Crippen LogP contribution >= 0.6 is 0 Å². The van der Waals surface area contributed by atoms with Gasteiger partial charge in [0.2, 0.25) is 0 Å². The molecule has 2 N–H and O–H groups in total. The minimum Gasteiger partial charge on any atom is -0.444 e. The molecule has 128 valence electrons. The first-order chi connectivity index (χ1) is 10.4. The first-order valence-corrected chi connectivity index (χ1v) is 9.17. The van der Waals surface area contributed by atoms with E-state index in [4.69, 9.17) is 4.74 Å². The van der Waals surface area contributed by atoms with Crippen LogP contribution in [0.3, 0.4) is 0 Å². The maximum atomic E-state index is 11.9. The monoisotopic (exact) mass is 310 g/mol. The molecule has 0 aromatic carbocycles. The third-order valence-electron chi connectivity index (χ3n) is 4.89. The van der Waals surface area contributed by atoms with Gasteiger partial charge in [0.25, 0.3) is 0 Å². The van der Waals surface area contributed by atoms with E-state index in [0.29, 0.717) is 24.5 Å². The van der Waals surface area contributed by atoms with Gasteiger partial charge in [0.05, 0.1) is 0 Å². The summed E-state index contributed by atoms with van der Waals surface area (Å²) in [6.07, 6.45) is 11.6. The molecule has 1 amide bonds. The van der Waals surface area contributed by atoms with E-state index in [1.807, 2.05) is 20.8 Å². The van der Waals surface area contributed by atoms with Crippen molar-refractivity contribution in [3.8, 4) is 0 Å². The highest BCUT2D eigenvalue weighted by Crippen LogP contribution is 2.29. The third kappa shape index (κ3) is 6.15. The van der Waals surface area contributed by atoms with Crippen LogP contribution in [0.1, 0.15) is 78.6 Å². The van der Waals surface area contributed by atoms with Crippen LogP contribution in [0.25, 0.3) is 0 Å². The fourth-order valence-corrected chi connectivity index (χ4v) is 3.80. The van der Waals surface area contributed by atoms with Crippen LogP contribution in [0, 0.1) is 5.92 Å². The van der Waals surface area contributed by atoms with Crippen molar-refractivity contribution in [2.45, 2.75) is 96.2 Å². The lowest BCUT2D eigenvalue weighted by Gasteiger charge is -2.32. The molecule has 22 heavy (non-hydrogen) atoms. The van der Waals surface area contributed by atoms with Gasteiger partial charge in [-0.2, -0.15) is 0 Å². The van der Waals surface area contributed by atoms with Crippen LogP contribution in [0.15, 0.2) is 0 Å². The fraction of sp³-hybridized carbons (Fsp3) is 0.944. The molecule has 2 rings (SSSR count). The number of alkyl carbamates (subject to hydrolysis) is 1. The quantitative estimate of drug-likeness (QED) is 0.807. The van der Waals surface area contributed by atoms with Gasteiger partial charge in [-0.15, -0.1) is 0 Å². The minimum absolute atomic E-state index is 0.291. The fourth-order valence-electron chi connectivity index (χ4n) is 3.80. The Morgan fingerprint density at radius 2 is 1.64 bits per heavy atom. The van der Waals surface area contributed by atoms with Crippen LogP contribution in [0.2, 0.25) is 0 Å². The maximum absolute atomic E-state index is 11.9. The normalized spacial score (nSPS) is 22.5. The van der Waals surface area contributed by atoms with Gasteiger partial charge in [-0.1, -0.05) is 32.1 Å². The van der Waals surface area contributed by atoms with Crippen molar-refractivity contribution in [2.24, 2.45) is 5.92 Å². The molecular weight excluding hydrogens is 276 g/mol. The summed E-state index contributed by atoms with van der Waals surface area (Å²) < 4.78 is 5.36. The van der Waals surface area contributed by atoms with Crippen LogP contribution in [0.5, 0.6) is 0 Å². The highest BCUT2D eigenvalue weighted by atomic mass is 16.6. The predicted octanol–water partition coefficient (Wildman–Crippen LogP) is 3.99. The lowest BCUT2D eigenvalue weighted by Crippen LogP contribution is -2.50. The van der Waals surface area contributed by atoms with Crippen molar-refractivity contribution in [3.63, 3.8) is 0 Å². The van der Waals surface area contributed by atoms with E-state index >= 15 is 0 Å². The molecule has 2 saturated carbocycles. The van der Waals surface area contributed by atoms with Gasteiger partial charge >= 0.3 is 6.09 Å². The third-order valence-corrected chi connectivity index (χ3v) is 4.89. The van der Waals surface area contributed by atoms with Crippen LogP contribution in [0.4, 0.5) is 4.79 Å². The average molecular weight is 310 g/mol. The van der Waals surface area contributed by atoms with Crippen molar-refractivity contribution in [2.75, 3.05) is 6.54 Å². The molecule has 1 unspecified atom stereocenters. The molecule has 4 nitrogen and oxygen atoms in total. The highest BCUT2D eigenvalue weighted by molar-refractivity contribution is 5.67. The van der Waals surface area contributed by atoms with E-state index in [1.54, 1.807) is 0 Å². The number of rotatable bonds is 5. The molecule has 0 heterocycles. The molecule has 2 aliphatic rings. The van der Waals surface area contributed by atoms with E-state index in [9.17, 15) is 4.79 Å². The number of carbonyl (C=O) groups is 1. The van der Waals surface area contributed by atoms with Gasteiger partial charge in [0, 0.05) is 18.6 Å². The Morgan fingerprint density at radius 1 is 1.05 bits per heavy atom. The molecule has 1 atom stereocenters. The second-order valence-corrected chi connectivity index (χ2v) is 8.04. The van der Waals surface area contributed by atoms with Crippen molar-refractivity contribution in [3.05, 3.63) is 0 Å². The smallest absolute Gasteiger partial charge is 0.407 e. The largest absolute Gasteiger partial charge is 0.444 e. The van der Waals surface area contributed by atoms with E-state index in [0.717, 1.165) is 0 Å². The Labute approximate surface area is 135 Å². The number of hydrogen-bond donors (Lipinski definition) is 2. The van der Waals surface area contributed by atoms with E-state index in [-0.39, 0.29) is 6.09 Å². The van der Waals surface area contributed by atoms with Crippen LogP contribution < -0.4 is 10.6 Å². The van der Waals surface area contributed by atoms with E-state index in [2.05, 4.69) is 10.6 Å². The second kappa shape index (κ2) is 8.19. The van der Waals surface area contributed by atoms with Crippen molar-refractivity contribution >= 4 is 6.09 Å². The predicted molar refractivity (Wildman–Crippen MR) is 90.0 cm³/mol. The number of hydrogen-bond acceptors (Lipinski definition) is 3. The molecule has 2 fully saturated rings. The van der Waals surface area contributed by atoms with Gasteiger partial charge in [0.1, 0.15) is 5.60 Å². The number of amides is 1. The zero-order valence-electron chi connectivity index (χ0n) is 14.6. The summed E-state index contributed by atoms with van der Waals surface area (Å²) in [7, 11) is 0. The number of carbonyl (C=O) groups excluding carboxylic acids is 1. The average Bonchev–Trinajstić information content (AvgIpc) is 2.96. The second-order valence-electron chi connectivity index (χ2n) is 8.04. The molecule has 4 heteroatoms. The molecule has 0 bridgehead atoms. The molecule has 0 aliphatic heterocycles. The molecule has 2 aliphatic carbocycles. The summed E-state index contributed by atoms with van der Waals surface area (Å²) in [5, 5.41) is 6.83. The van der Waals surface area contributed by atoms with E-state index < -0.39 is 5.60 Å². The van der Waals surface area contributed by atoms with Gasteiger partial charge in [-0.3, -0.25) is 0 Å². The molecule has 0 saturated heterocycles. The first kappa shape index (κ1) is 17.6.